The molecule has 0 bridgehead atoms. The summed E-state index contributed by atoms with van der Waals surface area (Å²) in [6.07, 6.45) is 1.63. The fraction of sp³-hybridized carbons (Fsp3) is 0.263. The molecule has 2 aromatic carbocycles. The molecule has 0 saturated heterocycles. The van der Waals surface area contributed by atoms with Crippen LogP contribution >= 0.6 is 0 Å². The Hall–Kier alpha value is -2.82. The lowest BCUT2D eigenvalue weighted by molar-refractivity contribution is 0.474. The van der Waals surface area contributed by atoms with Crippen LogP contribution in [-0.2, 0) is 0 Å². The van der Waals surface area contributed by atoms with E-state index in [1.54, 1.807) is 12.3 Å². The van der Waals surface area contributed by atoms with Crippen LogP contribution in [0.15, 0.2) is 41.4 Å². The summed E-state index contributed by atoms with van der Waals surface area (Å²) in [5.74, 6) is 0.748. The molecule has 0 atom stereocenters. The Kier molecular flexibility index (Phi) is 4.51. The van der Waals surface area contributed by atoms with E-state index in [0.717, 1.165) is 29.8 Å². The van der Waals surface area contributed by atoms with Gasteiger partial charge in [0.15, 0.2) is 0 Å². The third-order valence-electron chi connectivity index (χ3n) is 4.09. The largest absolute Gasteiger partial charge is 0.507 e. The molecule has 1 heterocycles. The lowest BCUT2D eigenvalue weighted by Gasteiger charge is -2.21. The molecular weight excluding hydrogens is 300 g/mol. The number of aryl methyl sites for hydroxylation is 1. The highest BCUT2D eigenvalue weighted by molar-refractivity contribution is 5.86. The monoisotopic (exact) mass is 322 g/mol. The molecule has 0 saturated carbocycles. The van der Waals surface area contributed by atoms with E-state index >= 15 is 0 Å². The van der Waals surface area contributed by atoms with Crippen molar-refractivity contribution >= 4 is 28.9 Å². The summed E-state index contributed by atoms with van der Waals surface area (Å²) in [6, 6.07) is 11.7. The zero-order valence-electron chi connectivity index (χ0n) is 14.2. The van der Waals surface area contributed by atoms with E-state index in [9.17, 15) is 5.11 Å². The van der Waals surface area contributed by atoms with E-state index in [-0.39, 0.29) is 5.75 Å². The van der Waals surface area contributed by atoms with Crippen molar-refractivity contribution < 1.29 is 5.11 Å². The van der Waals surface area contributed by atoms with Crippen molar-refractivity contribution in [2.75, 3.05) is 18.0 Å². The van der Waals surface area contributed by atoms with Gasteiger partial charge in [-0.1, -0.05) is 6.07 Å². The van der Waals surface area contributed by atoms with E-state index in [1.807, 2.05) is 37.3 Å². The molecule has 5 heteroatoms. The Morgan fingerprint density at radius 1 is 1.17 bits per heavy atom. The first-order valence-electron chi connectivity index (χ1n) is 8.19. The minimum atomic E-state index is 0.218. The maximum absolute atomic E-state index is 10.2. The molecular formula is C19H22N4O. The zero-order valence-corrected chi connectivity index (χ0v) is 14.2. The van der Waals surface area contributed by atoms with Gasteiger partial charge in [-0.2, -0.15) is 0 Å². The average Bonchev–Trinajstić information content (AvgIpc) is 2.97. The number of phenolic OH excluding ortho intramolecular Hbond substituents is 1. The Balaban J connectivity index is 1.85. The summed E-state index contributed by atoms with van der Waals surface area (Å²) in [5.41, 5.74) is 4.69. The Labute approximate surface area is 141 Å². The number of benzene rings is 2. The van der Waals surface area contributed by atoms with Crippen LogP contribution in [0.1, 0.15) is 25.0 Å². The number of aromatic hydroxyl groups is 1. The van der Waals surface area contributed by atoms with Crippen LogP contribution in [0.3, 0.4) is 0 Å². The maximum atomic E-state index is 10.2. The summed E-state index contributed by atoms with van der Waals surface area (Å²) in [7, 11) is 0. The normalized spacial score (nSPS) is 11.5. The number of nitrogens with one attached hydrogen (secondary N) is 1. The van der Waals surface area contributed by atoms with Gasteiger partial charge in [0.1, 0.15) is 5.75 Å². The van der Waals surface area contributed by atoms with Gasteiger partial charge in [-0.15, -0.1) is 0 Å². The summed E-state index contributed by atoms with van der Waals surface area (Å²) >= 11 is 0. The smallest absolute Gasteiger partial charge is 0.227 e. The van der Waals surface area contributed by atoms with Crippen molar-refractivity contribution in [1.29, 1.82) is 0 Å². The summed E-state index contributed by atoms with van der Waals surface area (Å²) in [4.78, 5) is 14.1. The lowest BCUT2D eigenvalue weighted by Crippen LogP contribution is -2.21. The van der Waals surface area contributed by atoms with Gasteiger partial charge >= 0.3 is 0 Å². The van der Waals surface area contributed by atoms with Gasteiger partial charge in [0.25, 0.3) is 0 Å². The number of aromatic nitrogens is 2. The van der Waals surface area contributed by atoms with Crippen LogP contribution < -0.4 is 4.90 Å². The van der Waals surface area contributed by atoms with E-state index in [0.29, 0.717) is 11.5 Å². The predicted octanol–water partition coefficient (Wildman–Crippen LogP) is 4.17. The molecule has 0 spiro atoms. The number of aliphatic imine (C=N–C) groups is 1. The van der Waals surface area contributed by atoms with Gasteiger partial charge in [-0.25, -0.2) is 9.98 Å². The fourth-order valence-electron chi connectivity index (χ4n) is 2.73. The first kappa shape index (κ1) is 16.1. The number of H-pyrrole nitrogens is 1. The van der Waals surface area contributed by atoms with Crippen molar-refractivity contribution in [3.05, 3.63) is 47.5 Å². The van der Waals surface area contributed by atoms with Crippen molar-refractivity contribution in [2.24, 2.45) is 4.99 Å². The topological polar surface area (TPSA) is 64.5 Å². The maximum Gasteiger partial charge on any atom is 0.227 e. The van der Waals surface area contributed by atoms with Crippen LogP contribution in [0.25, 0.3) is 11.0 Å². The second kappa shape index (κ2) is 6.74. The fourth-order valence-corrected chi connectivity index (χ4v) is 2.73. The van der Waals surface area contributed by atoms with Crippen molar-refractivity contribution in [3.63, 3.8) is 0 Å². The van der Waals surface area contributed by atoms with Crippen molar-refractivity contribution in [2.45, 2.75) is 20.8 Å². The van der Waals surface area contributed by atoms with Crippen molar-refractivity contribution in [3.8, 4) is 5.75 Å². The minimum absolute atomic E-state index is 0.218. The molecule has 0 unspecified atom stereocenters. The zero-order chi connectivity index (χ0) is 17.1. The van der Waals surface area contributed by atoms with Gasteiger partial charge in [0, 0.05) is 36.6 Å². The standard InChI is InChI=1S/C19H22N4O/c1-4-23(5-2)15-8-7-14(18(24)11-15)12-20-19-21-16-9-6-13(3)10-17(16)22-19/h6-12,24H,4-5H2,1-3H3,(H,21,22). The van der Waals surface area contributed by atoms with E-state index in [4.69, 9.17) is 0 Å². The molecule has 1 aromatic heterocycles. The van der Waals surface area contributed by atoms with Gasteiger partial charge in [-0.05, 0) is 50.6 Å². The summed E-state index contributed by atoms with van der Waals surface area (Å²) < 4.78 is 0. The second-order valence-corrected chi connectivity index (χ2v) is 5.75. The number of hydrogen-bond acceptors (Lipinski definition) is 4. The van der Waals surface area contributed by atoms with Crippen LogP contribution in [0.4, 0.5) is 11.6 Å². The molecule has 5 nitrogen and oxygen atoms in total. The highest BCUT2D eigenvalue weighted by Gasteiger charge is 2.06. The number of fused-ring (bicyclic) bond motifs is 1. The van der Waals surface area contributed by atoms with E-state index in [2.05, 4.69) is 33.7 Å². The molecule has 0 radical (unpaired) electrons. The first-order valence-corrected chi connectivity index (χ1v) is 8.19. The molecule has 0 fully saturated rings. The van der Waals surface area contributed by atoms with E-state index in [1.165, 1.54) is 5.56 Å². The predicted molar refractivity (Wildman–Crippen MR) is 99.8 cm³/mol. The SMILES string of the molecule is CCN(CC)c1ccc(C=Nc2nc3ccc(C)cc3[nH]2)c(O)c1. The summed E-state index contributed by atoms with van der Waals surface area (Å²) in [5, 5.41) is 10.2. The summed E-state index contributed by atoms with van der Waals surface area (Å²) in [6.45, 7) is 8.04. The molecule has 0 aliphatic rings. The highest BCUT2D eigenvalue weighted by atomic mass is 16.3. The van der Waals surface area contributed by atoms with Gasteiger partial charge in [0.05, 0.1) is 11.0 Å². The van der Waals surface area contributed by atoms with Crippen LogP contribution in [0, 0.1) is 6.92 Å². The number of aromatic amines is 1. The quantitative estimate of drug-likeness (QED) is 0.693. The number of rotatable bonds is 5. The molecule has 124 valence electrons. The third-order valence-corrected chi connectivity index (χ3v) is 4.09. The first-order chi connectivity index (χ1) is 11.6. The van der Waals surface area contributed by atoms with Crippen molar-refractivity contribution in [1.82, 2.24) is 9.97 Å². The van der Waals surface area contributed by atoms with Crippen LogP contribution in [0.5, 0.6) is 5.75 Å². The third kappa shape index (κ3) is 3.25. The molecule has 3 rings (SSSR count). The Morgan fingerprint density at radius 3 is 2.67 bits per heavy atom. The van der Waals surface area contributed by atoms with Gasteiger partial charge in [-0.3, -0.25) is 0 Å². The van der Waals surface area contributed by atoms with Crippen LogP contribution in [0.2, 0.25) is 0 Å². The molecule has 0 amide bonds. The molecule has 24 heavy (non-hydrogen) atoms. The highest BCUT2D eigenvalue weighted by Crippen LogP contribution is 2.24. The Bertz CT molecular complexity index is 878. The van der Waals surface area contributed by atoms with Crippen LogP contribution in [-0.4, -0.2) is 34.4 Å². The molecule has 2 N–H and O–H groups in total. The molecule has 0 aliphatic carbocycles. The van der Waals surface area contributed by atoms with Gasteiger partial charge in [0.2, 0.25) is 5.95 Å². The number of phenols is 1. The molecule has 0 aliphatic heterocycles. The second-order valence-electron chi connectivity index (χ2n) is 5.75. The minimum Gasteiger partial charge on any atom is -0.507 e. The number of hydrogen-bond donors (Lipinski definition) is 2. The number of nitrogens with zero attached hydrogens (tertiary/aromatic N) is 3. The number of imidazole rings is 1. The van der Waals surface area contributed by atoms with Gasteiger partial charge < -0.3 is 15.0 Å². The molecule has 3 aromatic rings. The lowest BCUT2D eigenvalue weighted by atomic mass is 10.2. The Morgan fingerprint density at radius 2 is 1.96 bits per heavy atom. The number of anilines is 1. The average molecular weight is 322 g/mol. The van der Waals surface area contributed by atoms with E-state index < -0.39 is 0 Å².